The fraction of sp³-hybridized carbons (Fsp3) is 0.526. The van der Waals surface area contributed by atoms with Crippen LogP contribution < -0.4 is 10.6 Å². The Hall–Kier alpha value is -2.12. The van der Waals surface area contributed by atoms with Crippen molar-refractivity contribution in [1.82, 2.24) is 10.2 Å². The van der Waals surface area contributed by atoms with Crippen molar-refractivity contribution in [3.63, 3.8) is 0 Å². The summed E-state index contributed by atoms with van der Waals surface area (Å²) in [6, 6.07) is 5.00. The molecular weight excluding hydrogens is 370 g/mol. The lowest BCUT2D eigenvalue weighted by Gasteiger charge is -2.23. The van der Waals surface area contributed by atoms with Gasteiger partial charge in [-0.2, -0.15) is 0 Å². The Morgan fingerprint density at radius 3 is 2.70 bits per heavy atom. The second-order valence-electron chi connectivity index (χ2n) is 7.47. The van der Waals surface area contributed by atoms with Crippen LogP contribution in [0.1, 0.15) is 30.4 Å². The molecule has 1 saturated heterocycles. The molecule has 1 aliphatic heterocycles. The van der Waals surface area contributed by atoms with Crippen molar-refractivity contribution in [3.05, 3.63) is 29.3 Å². The summed E-state index contributed by atoms with van der Waals surface area (Å²) < 4.78 is 0. The van der Waals surface area contributed by atoms with Crippen molar-refractivity contribution in [2.24, 2.45) is 11.3 Å². The second kappa shape index (κ2) is 8.27. The number of hydrogen-bond acceptors (Lipinski definition) is 4. The standard InChI is InChI=1S/C19H25N3O4.ClH/c1-12-5-3-7-15(13(12)2)20-18(26)21-16(23)10-22-9-14-6-4-8-19(14,11-22)17(24)25;/h3,5,7,14H,4,6,8-11H2,1-2H3,(H,24,25)(H2,20,21,23,26);1H/t14-,19+;/m0./s1. The van der Waals surface area contributed by atoms with Crippen molar-refractivity contribution < 1.29 is 19.5 Å². The van der Waals surface area contributed by atoms with Gasteiger partial charge >= 0.3 is 12.0 Å². The van der Waals surface area contributed by atoms with Gasteiger partial charge in [0.25, 0.3) is 0 Å². The number of aryl methyl sites for hydroxylation is 1. The molecule has 1 aromatic rings. The molecule has 3 rings (SSSR count). The first-order valence-electron chi connectivity index (χ1n) is 8.94. The van der Waals surface area contributed by atoms with E-state index in [2.05, 4.69) is 10.6 Å². The molecule has 2 aliphatic rings. The van der Waals surface area contributed by atoms with Crippen LogP contribution in [0.5, 0.6) is 0 Å². The SMILES string of the molecule is Cc1cccc(NC(=O)NC(=O)CN2C[C@@H]3CCC[C@@]3(C(=O)O)C2)c1C.Cl. The number of carbonyl (C=O) groups is 3. The predicted molar refractivity (Wildman–Crippen MR) is 104 cm³/mol. The van der Waals surface area contributed by atoms with Gasteiger partial charge in [0.05, 0.1) is 12.0 Å². The number of benzene rings is 1. The molecule has 2 fully saturated rings. The summed E-state index contributed by atoms with van der Waals surface area (Å²) in [6.07, 6.45) is 2.48. The average molecular weight is 396 g/mol. The Morgan fingerprint density at radius 2 is 2.04 bits per heavy atom. The summed E-state index contributed by atoms with van der Waals surface area (Å²) in [7, 11) is 0. The van der Waals surface area contributed by atoms with Crippen molar-refractivity contribution >= 4 is 36.0 Å². The van der Waals surface area contributed by atoms with E-state index >= 15 is 0 Å². The lowest BCUT2D eigenvalue weighted by Crippen LogP contribution is -2.42. The molecule has 3 N–H and O–H groups in total. The lowest BCUT2D eigenvalue weighted by atomic mass is 9.81. The van der Waals surface area contributed by atoms with E-state index in [1.807, 2.05) is 30.9 Å². The van der Waals surface area contributed by atoms with Crippen molar-refractivity contribution in [2.45, 2.75) is 33.1 Å². The fourth-order valence-corrected chi connectivity index (χ4v) is 4.27. The number of amides is 3. The zero-order valence-electron chi connectivity index (χ0n) is 15.6. The van der Waals surface area contributed by atoms with E-state index in [0.717, 1.165) is 24.0 Å². The number of hydrogen-bond donors (Lipinski definition) is 3. The van der Waals surface area contributed by atoms with Crippen molar-refractivity contribution in [1.29, 1.82) is 0 Å². The molecule has 27 heavy (non-hydrogen) atoms. The highest BCUT2D eigenvalue weighted by atomic mass is 35.5. The van der Waals surface area contributed by atoms with Crippen LogP contribution in [0.2, 0.25) is 0 Å². The molecule has 1 aromatic carbocycles. The normalized spacial score (nSPS) is 24.0. The minimum absolute atomic E-state index is 0. The Kier molecular flexibility index (Phi) is 6.49. The number of likely N-dealkylation sites (tertiary alicyclic amines) is 1. The molecule has 3 amide bonds. The predicted octanol–water partition coefficient (Wildman–Crippen LogP) is 2.56. The Bertz CT molecular complexity index is 754. The lowest BCUT2D eigenvalue weighted by molar-refractivity contribution is -0.149. The van der Waals surface area contributed by atoms with Crippen LogP contribution in [-0.2, 0) is 9.59 Å². The van der Waals surface area contributed by atoms with Crippen molar-refractivity contribution in [3.8, 4) is 0 Å². The van der Waals surface area contributed by atoms with Gasteiger partial charge in [0.15, 0.2) is 0 Å². The maximum absolute atomic E-state index is 12.2. The number of imide groups is 1. The van der Waals surface area contributed by atoms with Gasteiger partial charge in [0.2, 0.25) is 5.91 Å². The minimum atomic E-state index is -0.768. The molecule has 7 nitrogen and oxygen atoms in total. The summed E-state index contributed by atoms with van der Waals surface area (Å²) in [6.45, 7) is 4.86. The van der Waals surface area contributed by atoms with Crippen LogP contribution >= 0.6 is 12.4 Å². The van der Waals surface area contributed by atoms with E-state index in [-0.39, 0.29) is 24.9 Å². The number of urea groups is 1. The van der Waals surface area contributed by atoms with E-state index in [4.69, 9.17) is 0 Å². The number of fused-ring (bicyclic) bond motifs is 1. The van der Waals surface area contributed by atoms with E-state index in [1.54, 1.807) is 6.07 Å². The van der Waals surface area contributed by atoms with Crippen LogP contribution in [0.15, 0.2) is 18.2 Å². The summed E-state index contributed by atoms with van der Waals surface area (Å²) in [5.41, 5.74) is 1.94. The fourth-order valence-electron chi connectivity index (χ4n) is 4.27. The second-order valence-corrected chi connectivity index (χ2v) is 7.47. The first-order chi connectivity index (χ1) is 12.3. The summed E-state index contributed by atoms with van der Waals surface area (Å²) >= 11 is 0. The highest BCUT2D eigenvalue weighted by molar-refractivity contribution is 6.02. The Labute approximate surface area is 164 Å². The van der Waals surface area contributed by atoms with Gasteiger partial charge in [0.1, 0.15) is 0 Å². The van der Waals surface area contributed by atoms with Crippen LogP contribution in [0.4, 0.5) is 10.5 Å². The van der Waals surface area contributed by atoms with Gasteiger partial charge in [-0.1, -0.05) is 18.6 Å². The highest BCUT2D eigenvalue weighted by Crippen LogP contribution is 2.48. The number of carbonyl (C=O) groups excluding carboxylic acids is 2. The topological polar surface area (TPSA) is 98.7 Å². The molecule has 1 saturated carbocycles. The number of nitrogens with one attached hydrogen (secondary N) is 2. The number of nitrogens with zero attached hydrogens (tertiary/aromatic N) is 1. The zero-order chi connectivity index (χ0) is 18.9. The first-order valence-corrected chi connectivity index (χ1v) is 8.94. The monoisotopic (exact) mass is 395 g/mol. The van der Waals surface area contributed by atoms with E-state index < -0.39 is 23.3 Å². The van der Waals surface area contributed by atoms with E-state index in [9.17, 15) is 19.5 Å². The molecule has 1 aliphatic carbocycles. The molecule has 148 valence electrons. The smallest absolute Gasteiger partial charge is 0.325 e. The highest BCUT2D eigenvalue weighted by Gasteiger charge is 2.54. The van der Waals surface area contributed by atoms with Gasteiger partial charge in [-0.3, -0.25) is 19.8 Å². The van der Waals surface area contributed by atoms with Gasteiger partial charge in [-0.15, -0.1) is 12.4 Å². The number of anilines is 1. The number of aliphatic carboxylic acids is 1. The van der Waals surface area contributed by atoms with Crippen LogP contribution in [0, 0.1) is 25.2 Å². The Morgan fingerprint density at radius 1 is 1.30 bits per heavy atom. The quantitative estimate of drug-likeness (QED) is 0.727. The largest absolute Gasteiger partial charge is 0.481 e. The van der Waals surface area contributed by atoms with E-state index in [0.29, 0.717) is 25.2 Å². The summed E-state index contributed by atoms with van der Waals surface area (Å²) in [5.74, 6) is -1.10. The van der Waals surface area contributed by atoms with Crippen molar-refractivity contribution in [2.75, 3.05) is 25.0 Å². The van der Waals surface area contributed by atoms with Gasteiger partial charge < -0.3 is 10.4 Å². The van der Waals surface area contributed by atoms with Crippen LogP contribution in [0.3, 0.4) is 0 Å². The summed E-state index contributed by atoms with van der Waals surface area (Å²) in [4.78, 5) is 37.8. The van der Waals surface area contributed by atoms with Crippen LogP contribution in [-0.4, -0.2) is 47.5 Å². The molecule has 0 spiro atoms. The minimum Gasteiger partial charge on any atom is -0.481 e. The van der Waals surface area contributed by atoms with Crippen LogP contribution in [0.25, 0.3) is 0 Å². The molecule has 2 atom stereocenters. The number of halogens is 1. The molecular formula is C19H26ClN3O4. The molecule has 8 heteroatoms. The molecule has 0 aromatic heterocycles. The number of rotatable bonds is 4. The first kappa shape index (κ1) is 21.2. The van der Waals surface area contributed by atoms with E-state index in [1.165, 1.54) is 0 Å². The molecule has 1 heterocycles. The Balaban J connectivity index is 0.00000261. The molecule has 0 radical (unpaired) electrons. The third kappa shape index (κ3) is 4.25. The third-order valence-electron chi connectivity index (χ3n) is 5.84. The number of carboxylic acid groups (broad SMARTS) is 1. The average Bonchev–Trinajstić information content (AvgIpc) is 3.09. The van der Waals surface area contributed by atoms with Gasteiger partial charge in [-0.25, -0.2) is 4.79 Å². The zero-order valence-corrected chi connectivity index (χ0v) is 16.4. The van der Waals surface area contributed by atoms with Gasteiger partial charge in [-0.05, 0) is 49.8 Å². The molecule has 0 unspecified atom stereocenters. The summed E-state index contributed by atoms with van der Waals surface area (Å²) in [5, 5.41) is 14.6. The maximum atomic E-state index is 12.2. The third-order valence-corrected chi connectivity index (χ3v) is 5.84. The maximum Gasteiger partial charge on any atom is 0.325 e. The van der Waals surface area contributed by atoms with Gasteiger partial charge in [0, 0.05) is 18.8 Å². The number of carboxylic acids is 1. The molecule has 0 bridgehead atoms.